The number of ketones is 1. The molecule has 0 atom stereocenters. The van der Waals surface area contributed by atoms with Gasteiger partial charge in [0.1, 0.15) is 5.70 Å². The summed E-state index contributed by atoms with van der Waals surface area (Å²) in [7, 11) is -2.98. The summed E-state index contributed by atoms with van der Waals surface area (Å²) < 4.78 is 63.7. The first-order valence-electron chi connectivity index (χ1n) is 7.28. The van der Waals surface area contributed by atoms with Gasteiger partial charge in [-0.3, -0.25) is 9.10 Å². The minimum absolute atomic E-state index is 0.109. The molecule has 0 saturated heterocycles. The second-order valence-electron chi connectivity index (χ2n) is 5.57. The summed E-state index contributed by atoms with van der Waals surface area (Å²) in [5.74, 6) is -1.46. The van der Waals surface area contributed by atoms with Crippen LogP contribution in [0.3, 0.4) is 0 Å². The number of carbonyl (C=O) groups excluding carboxylic acids is 1. The lowest BCUT2D eigenvalue weighted by Crippen LogP contribution is -2.37. The number of hydrogen-bond donors (Lipinski definition) is 1. The van der Waals surface area contributed by atoms with Crippen LogP contribution in [-0.4, -0.2) is 30.7 Å². The third-order valence-electron chi connectivity index (χ3n) is 4.01. The van der Waals surface area contributed by atoms with Crippen LogP contribution >= 0.6 is 0 Å². The fourth-order valence-corrected chi connectivity index (χ4v) is 4.02. The Morgan fingerprint density at radius 1 is 1.04 bits per heavy atom. The second kappa shape index (κ2) is 5.87. The molecule has 9 heteroatoms. The number of Topliss-reactive ketones (excluding diaryl/α,β-unsaturated/α-hetero) is 1. The Morgan fingerprint density at radius 3 is 2.19 bits per heavy atom. The lowest BCUT2D eigenvalue weighted by molar-refractivity contribution is -0.137. The second-order valence-corrected chi connectivity index (χ2v) is 7.51. The van der Waals surface area contributed by atoms with Crippen molar-refractivity contribution in [2.45, 2.75) is 11.1 Å². The highest BCUT2D eigenvalue weighted by Gasteiger charge is 2.39. The molecule has 0 saturated carbocycles. The molecule has 0 spiro atoms. The molecule has 0 bridgehead atoms. The molecule has 1 heterocycles. The zero-order chi connectivity index (χ0) is 19.3. The topological polar surface area (TPSA) is 74.7 Å². The van der Waals surface area contributed by atoms with Gasteiger partial charge in [-0.05, 0) is 24.3 Å². The summed E-state index contributed by atoms with van der Waals surface area (Å²) in [6.45, 7) is 0. The van der Waals surface area contributed by atoms with Crippen LogP contribution in [0.4, 0.5) is 13.2 Å². The molecule has 0 aromatic heterocycles. The predicted octanol–water partition coefficient (Wildman–Crippen LogP) is 3.45. The number of hydrogen-bond acceptors (Lipinski definition) is 4. The van der Waals surface area contributed by atoms with Crippen molar-refractivity contribution in [1.82, 2.24) is 4.31 Å². The molecule has 26 heavy (non-hydrogen) atoms. The van der Waals surface area contributed by atoms with Crippen LogP contribution in [0.25, 0.3) is 5.76 Å². The van der Waals surface area contributed by atoms with Gasteiger partial charge in [0, 0.05) is 18.2 Å². The van der Waals surface area contributed by atoms with Crippen molar-refractivity contribution in [1.29, 1.82) is 0 Å². The van der Waals surface area contributed by atoms with Gasteiger partial charge in [-0.25, -0.2) is 8.42 Å². The third-order valence-corrected chi connectivity index (χ3v) is 5.83. The smallest absolute Gasteiger partial charge is 0.416 e. The first-order chi connectivity index (χ1) is 12.0. The van der Waals surface area contributed by atoms with Gasteiger partial charge in [0.05, 0.1) is 10.5 Å². The van der Waals surface area contributed by atoms with Crippen molar-refractivity contribution < 1.29 is 31.5 Å². The van der Waals surface area contributed by atoms with Gasteiger partial charge >= 0.3 is 6.18 Å². The van der Waals surface area contributed by atoms with E-state index in [1.54, 1.807) is 0 Å². The molecule has 0 aliphatic carbocycles. The zero-order valence-electron chi connectivity index (χ0n) is 13.3. The fraction of sp³-hybridized carbons (Fsp3) is 0.118. The molecular weight excluding hydrogens is 371 g/mol. The van der Waals surface area contributed by atoms with Gasteiger partial charge in [-0.1, -0.05) is 24.3 Å². The van der Waals surface area contributed by atoms with Gasteiger partial charge in [-0.2, -0.15) is 13.2 Å². The molecule has 0 amide bonds. The van der Waals surface area contributed by atoms with Crippen LogP contribution in [-0.2, 0) is 16.2 Å². The van der Waals surface area contributed by atoms with Crippen molar-refractivity contribution in [2.24, 2.45) is 0 Å². The third kappa shape index (κ3) is 2.74. The summed E-state index contributed by atoms with van der Waals surface area (Å²) in [4.78, 5) is 12.5. The summed E-state index contributed by atoms with van der Waals surface area (Å²) in [5.41, 5.74) is -1.68. The Bertz CT molecular complexity index is 1020. The van der Waals surface area contributed by atoms with E-state index < -0.39 is 39.0 Å². The lowest BCUT2D eigenvalue weighted by Gasteiger charge is -2.28. The Hall–Kier alpha value is -2.81. The van der Waals surface area contributed by atoms with Crippen LogP contribution in [0.1, 0.15) is 21.5 Å². The van der Waals surface area contributed by atoms with Crippen LogP contribution in [0.15, 0.2) is 59.1 Å². The van der Waals surface area contributed by atoms with E-state index in [0.717, 1.165) is 31.3 Å². The molecule has 1 aliphatic heterocycles. The van der Waals surface area contributed by atoms with Crippen LogP contribution in [0.2, 0.25) is 0 Å². The largest absolute Gasteiger partial charge is 0.505 e. The molecule has 0 unspecified atom stereocenters. The van der Waals surface area contributed by atoms with E-state index in [1.165, 1.54) is 24.3 Å². The van der Waals surface area contributed by atoms with Gasteiger partial charge in [0.2, 0.25) is 5.78 Å². The summed E-state index contributed by atoms with van der Waals surface area (Å²) >= 11 is 0. The highest BCUT2D eigenvalue weighted by Crippen LogP contribution is 2.35. The van der Waals surface area contributed by atoms with E-state index in [1.807, 2.05) is 0 Å². The zero-order valence-corrected chi connectivity index (χ0v) is 14.1. The Labute approximate surface area is 147 Å². The minimum Gasteiger partial charge on any atom is -0.505 e. The number of carbonyl (C=O) groups is 1. The number of aliphatic hydroxyl groups is 1. The monoisotopic (exact) mass is 383 g/mol. The Morgan fingerprint density at radius 2 is 1.62 bits per heavy atom. The quantitative estimate of drug-likeness (QED) is 0.605. The molecule has 136 valence electrons. The van der Waals surface area contributed by atoms with Gasteiger partial charge in [0.25, 0.3) is 10.0 Å². The molecule has 5 nitrogen and oxygen atoms in total. The molecule has 1 N–H and O–H groups in total. The van der Waals surface area contributed by atoms with Gasteiger partial charge < -0.3 is 5.11 Å². The highest BCUT2D eigenvalue weighted by atomic mass is 32.2. The van der Waals surface area contributed by atoms with E-state index >= 15 is 0 Å². The molecule has 0 fully saturated rings. The molecule has 1 aliphatic rings. The number of aliphatic hydroxyl groups excluding tert-OH is 1. The van der Waals surface area contributed by atoms with Crippen molar-refractivity contribution in [3.05, 3.63) is 70.9 Å². The number of alkyl halides is 3. The Balaban J connectivity index is 2.17. The minimum atomic E-state index is -4.55. The normalized spacial score (nSPS) is 18.5. The van der Waals surface area contributed by atoms with Crippen LogP contribution < -0.4 is 0 Å². The first kappa shape index (κ1) is 18.0. The highest BCUT2D eigenvalue weighted by molar-refractivity contribution is 7.89. The average Bonchev–Trinajstić information content (AvgIpc) is 2.60. The maximum absolute atomic E-state index is 12.7. The number of nitrogens with zero attached hydrogens (tertiary/aromatic N) is 1. The number of sulfonamides is 1. The summed E-state index contributed by atoms with van der Waals surface area (Å²) in [6.07, 6.45) is -4.55. The number of halogens is 3. The van der Waals surface area contributed by atoms with Crippen LogP contribution in [0.5, 0.6) is 0 Å². The van der Waals surface area contributed by atoms with Crippen molar-refractivity contribution in [3.63, 3.8) is 0 Å². The maximum atomic E-state index is 12.7. The van der Waals surface area contributed by atoms with E-state index in [4.69, 9.17) is 0 Å². The SMILES string of the molecule is CN1C(=C(O)c2ccc(C(F)(F)F)cc2)C(=O)c2ccccc2S1(=O)=O. The van der Waals surface area contributed by atoms with Gasteiger partial charge in [0.15, 0.2) is 5.76 Å². The van der Waals surface area contributed by atoms with Crippen molar-refractivity contribution >= 4 is 21.6 Å². The van der Waals surface area contributed by atoms with Crippen molar-refractivity contribution in [3.8, 4) is 0 Å². The van der Waals surface area contributed by atoms with Crippen molar-refractivity contribution in [2.75, 3.05) is 7.05 Å². The molecule has 0 radical (unpaired) electrons. The summed E-state index contributed by atoms with van der Waals surface area (Å²) in [6, 6.07) is 8.93. The average molecular weight is 383 g/mol. The van der Waals surface area contributed by atoms with Crippen LogP contribution in [0, 0.1) is 0 Å². The van der Waals surface area contributed by atoms with E-state index in [9.17, 15) is 31.5 Å². The molecule has 3 rings (SSSR count). The van der Waals surface area contributed by atoms with Gasteiger partial charge in [-0.15, -0.1) is 0 Å². The first-order valence-corrected chi connectivity index (χ1v) is 8.72. The summed E-state index contributed by atoms with van der Waals surface area (Å²) in [5, 5.41) is 10.4. The maximum Gasteiger partial charge on any atom is 0.416 e. The standard InChI is InChI=1S/C17H12F3NO4S/c1-21-14(15(22)10-6-8-11(9-7-10)17(18,19)20)16(23)12-4-2-3-5-13(12)26(21,24)25/h2-9,22H,1H3. The number of fused-ring (bicyclic) bond motifs is 1. The number of benzene rings is 2. The number of rotatable bonds is 1. The van der Waals surface area contributed by atoms with E-state index in [2.05, 4.69) is 0 Å². The molecular formula is C17H12F3NO4S. The number of likely N-dealkylation sites (N-methyl/N-ethyl adjacent to an activating group) is 1. The Kier molecular flexibility index (Phi) is 4.06. The number of allylic oxidation sites excluding steroid dienone is 1. The lowest BCUT2D eigenvalue weighted by atomic mass is 10.0. The van der Waals surface area contributed by atoms with E-state index in [0.29, 0.717) is 4.31 Å². The molecule has 2 aromatic rings. The van der Waals surface area contributed by atoms with E-state index in [-0.39, 0.29) is 16.0 Å². The fourth-order valence-electron chi connectivity index (χ4n) is 2.63. The molecule has 2 aromatic carbocycles. The predicted molar refractivity (Wildman–Crippen MR) is 86.7 cm³/mol.